The number of carbonyl (C=O) groups is 1. The van der Waals surface area contributed by atoms with Crippen molar-refractivity contribution < 1.29 is 14.3 Å². The summed E-state index contributed by atoms with van der Waals surface area (Å²) in [5.74, 6) is 0.799. The van der Waals surface area contributed by atoms with Gasteiger partial charge in [0.05, 0.1) is 6.61 Å². The van der Waals surface area contributed by atoms with Crippen LogP contribution < -0.4 is 10.1 Å². The molecular formula is C14H19NO3. The van der Waals surface area contributed by atoms with E-state index >= 15 is 0 Å². The van der Waals surface area contributed by atoms with Crippen LogP contribution in [-0.2, 0) is 9.53 Å². The quantitative estimate of drug-likeness (QED) is 0.750. The summed E-state index contributed by atoms with van der Waals surface area (Å²) >= 11 is 0. The molecule has 1 aromatic carbocycles. The first-order valence-electron chi connectivity index (χ1n) is 5.85. The normalized spacial score (nSPS) is 10.6. The number of hydrogen-bond acceptors (Lipinski definition) is 3. The van der Waals surface area contributed by atoms with Crippen LogP contribution in [0.25, 0.3) is 6.08 Å². The van der Waals surface area contributed by atoms with Gasteiger partial charge in [-0.25, -0.2) is 0 Å². The third kappa shape index (κ3) is 6.06. The zero-order valence-corrected chi connectivity index (χ0v) is 10.8. The highest BCUT2D eigenvalue weighted by Crippen LogP contribution is 2.12. The molecule has 0 unspecified atom stereocenters. The summed E-state index contributed by atoms with van der Waals surface area (Å²) in [6.07, 6.45) is 3.86. The Balaban J connectivity index is 2.37. The van der Waals surface area contributed by atoms with E-state index in [2.05, 4.69) is 5.32 Å². The van der Waals surface area contributed by atoms with Crippen LogP contribution in [0.3, 0.4) is 0 Å². The van der Waals surface area contributed by atoms with Crippen molar-refractivity contribution in [2.24, 2.45) is 0 Å². The molecule has 0 aliphatic heterocycles. The van der Waals surface area contributed by atoms with Crippen molar-refractivity contribution >= 4 is 12.0 Å². The van der Waals surface area contributed by atoms with Crippen LogP contribution in [0.1, 0.15) is 12.5 Å². The van der Waals surface area contributed by atoms with Crippen LogP contribution in [-0.4, -0.2) is 32.8 Å². The van der Waals surface area contributed by atoms with Crippen molar-refractivity contribution in [3.63, 3.8) is 0 Å². The fourth-order valence-corrected chi connectivity index (χ4v) is 1.32. The molecule has 0 bridgehead atoms. The molecule has 0 aromatic heterocycles. The van der Waals surface area contributed by atoms with Gasteiger partial charge < -0.3 is 14.8 Å². The predicted molar refractivity (Wildman–Crippen MR) is 71.5 cm³/mol. The highest BCUT2D eigenvalue weighted by molar-refractivity contribution is 5.73. The van der Waals surface area contributed by atoms with Gasteiger partial charge in [-0.05, 0) is 17.7 Å². The summed E-state index contributed by atoms with van der Waals surface area (Å²) < 4.78 is 10.4. The topological polar surface area (TPSA) is 47.6 Å². The van der Waals surface area contributed by atoms with Gasteiger partial charge in [0.15, 0.2) is 0 Å². The Bertz CT molecular complexity index is 385. The second kappa shape index (κ2) is 8.31. The molecule has 1 N–H and O–H groups in total. The lowest BCUT2D eigenvalue weighted by Gasteiger charge is -2.05. The van der Waals surface area contributed by atoms with Crippen molar-refractivity contribution in [1.29, 1.82) is 0 Å². The van der Waals surface area contributed by atoms with Crippen LogP contribution >= 0.6 is 0 Å². The van der Waals surface area contributed by atoms with Gasteiger partial charge >= 0.3 is 0 Å². The molecule has 1 aromatic rings. The van der Waals surface area contributed by atoms with E-state index in [4.69, 9.17) is 9.47 Å². The first kappa shape index (κ1) is 14.3. The maximum Gasteiger partial charge on any atom is 0.217 e. The first-order valence-corrected chi connectivity index (χ1v) is 5.85. The SMILES string of the molecule is COCCOc1ccc(C=CCNC(C)=O)cc1. The molecule has 0 atom stereocenters. The minimum absolute atomic E-state index is 0.0264. The zero-order valence-electron chi connectivity index (χ0n) is 10.8. The van der Waals surface area contributed by atoms with Gasteiger partial charge in [0.2, 0.25) is 5.91 Å². The molecule has 0 spiro atoms. The van der Waals surface area contributed by atoms with Crippen molar-refractivity contribution in [1.82, 2.24) is 5.32 Å². The Morgan fingerprint density at radius 3 is 2.61 bits per heavy atom. The lowest BCUT2D eigenvalue weighted by molar-refractivity contribution is -0.118. The molecule has 1 rings (SSSR count). The number of nitrogens with one attached hydrogen (secondary N) is 1. The smallest absolute Gasteiger partial charge is 0.217 e. The zero-order chi connectivity index (χ0) is 13.2. The molecule has 0 radical (unpaired) electrons. The predicted octanol–water partition coefficient (Wildman–Crippen LogP) is 1.86. The van der Waals surface area contributed by atoms with E-state index in [1.807, 2.05) is 36.4 Å². The molecule has 18 heavy (non-hydrogen) atoms. The maximum atomic E-state index is 10.7. The summed E-state index contributed by atoms with van der Waals surface area (Å²) in [6.45, 7) is 3.17. The van der Waals surface area contributed by atoms with Crippen molar-refractivity contribution in [2.45, 2.75) is 6.92 Å². The Kier molecular flexibility index (Phi) is 6.58. The lowest BCUT2D eigenvalue weighted by atomic mass is 10.2. The van der Waals surface area contributed by atoms with E-state index in [1.165, 1.54) is 6.92 Å². The van der Waals surface area contributed by atoms with Gasteiger partial charge in [-0.2, -0.15) is 0 Å². The van der Waals surface area contributed by atoms with Crippen LogP contribution in [0, 0.1) is 0 Å². The molecule has 0 saturated heterocycles. The first-order chi connectivity index (χ1) is 8.72. The molecule has 0 saturated carbocycles. The van der Waals surface area contributed by atoms with Crippen LogP contribution in [0.4, 0.5) is 0 Å². The third-order valence-corrected chi connectivity index (χ3v) is 2.22. The summed E-state index contributed by atoms with van der Waals surface area (Å²) in [5.41, 5.74) is 1.07. The highest BCUT2D eigenvalue weighted by Gasteiger charge is 1.93. The average Bonchev–Trinajstić information content (AvgIpc) is 2.36. The highest BCUT2D eigenvalue weighted by atomic mass is 16.5. The van der Waals surface area contributed by atoms with Gasteiger partial charge in [0, 0.05) is 20.6 Å². The minimum atomic E-state index is -0.0264. The van der Waals surface area contributed by atoms with Crippen LogP contribution in [0.5, 0.6) is 5.75 Å². The number of carbonyl (C=O) groups excluding carboxylic acids is 1. The second-order valence-electron chi connectivity index (χ2n) is 3.75. The molecule has 98 valence electrons. The molecule has 0 heterocycles. The van der Waals surface area contributed by atoms with E-state index in [1.54, 1.807) is 7.11 Å². The number of rotatable bonds is 7. The molecule has 4 heteroatoms. The molecule has 1 amide bonds. The Morgan fingerprint density at radius 1 is 1.28 bits per heavy atom. The summed E-state index contributed by atoms with van der Waals surface area (Å²) in [5, 5.41) is 2.70. The number of methoxy groups -OCH3 is 1. The van der Waals surface area contributed by atoms with Gasteiger partial charge in [0.1, 0.15) is 12.4 Å². The van der Waals surface area contributed by atoms with E-state index in [0.717, 1.165) is 11.3 Å². The fourth-order valence-electron chi connectivity index (χ4n) is 1.32. The van der Waals surface area contributed by atoms with Gasteiger partial charge in [-0.15, -0.1) is 0 Å². The molecular weight excluding hydrogens is 230 g/mol. The molecule has 0 aliphatic rings. The summed E-state index contributed by atoms with van der Waals surface area (Å²) in [4.78, 5) is 10.7. The summed E-state index contributed by atoms with van der Waals surface area (Å²) in [7, 11) is 1.65. The van der Waals surface area contributed by atoms with Crippen molar-refractivity contribution in [2.75, 3.05) is 26.9 Å². The fraction of sp³-hybridized carbons (Fsp3) is 0.357. The number of amides is 1. The van der Waals surface area contributed by atoms with E-state index < -0.39 is 0 Å². The van der Waals surface area contributed by atoms with E-state index in [-0.39, 0.29) is 5.91 Å². The standard InChI is InChI=1S/C14H19NO3/c1-12(16)15-9-3-4-13-5-7-14(8-6-13)18-11-10-17-2/h3-8H,9-11H2,1-2H3,(H,15,16). The number of ether oxygens (including phenoxy) is 2. The third-order valence-electron chi connectivity index (χ3n) is 2.22. The van der Waals surface area contributed by atoms with E-state index in [0.29, 0.717) is 19.8 Å². The maximum absolute atomic E-state index is 10.7. The Labute approximate surface area is 108 Å². The Hall–Kier alpha value is -1.81. The number of hydrogen-bond donors (Lipinski definition) is 1. The van der Waals surface area contributed by atoms with Gasteiger partial charge in [0.25, 0.3) is 0 Å². The second-order valence-corrected chi connectivity index (χ2v) is 3.75. The molecule has 4 nitrogen and oxygen atoms in total. The number of benzene rings is 1. The van der Waals surface area contributed by atoms with Gasteiger partial charge in [-0.1, -0.05) is 24.3 Å². The van der Waals surface area contributed by atoms with Gasteiger partial charge in [-0.3, -0.25) is 4.79 Å². The molecule has 0 fully saturated rings. The largest absolute Gasteiger partial charge is 0.491 e. The van der Waals surface area contributed by atoms with E-state index in [9.17, 15) is 4.79 Å². The lowest BCUT2D eigenvalue weighted by Crippen LogP contribution is -2.19. The molecule has 0 aliphatic carbocycles. The van der Waals surface area contributed by atoms with Crippen LogP contribution in [0.2, 0.25) is 0 Å². The van der Waals surface area contributed by atoms with Crippen molar-refractivity contribution in [3.05, 3.63) is 35.9 Å². The Morgan fingerprint density at radius 2 is 2.00 bits per heavy atom. The minimum Gasteiger partial charge on any atom is -0.491 e. The van der Waals surface area contributed by atoms with Crippen LogP contribution in [0.15, 0.2) is 30.3 Å². The average molecular weight is 249 g/mol. The monoisotopic (exact) mass is 249 g/mol. The summed E-state index contributed by atoms with van der Waals surface area (Å²) in [6, 6.07) is 7.75. The van der Waals surface area contributed by atoms with Crippen molar-refractivity contribution in [3.8, 4) is 5.75 Å².